The molecule has 2 N–H and O–H groups in total. The second-order valence-corrected chi connectivity index (χ2v) is 10.9. The minimum Gasteiger partial charge on any atom is -0.364 e. The molecule has 1 aliphatic heterocycles. The van der Waals surface area contributed by atoms with Gasteiger partial charge in [-0.25, -0.2) is 0 Å². The molecule has 1 aromatic carbocycles. The van der Waals surface area contributed by atoms with E-state index in [1.807, 2.05) is 27.7 Å². The number of alkyl halides is 3. The molecule has 10 heteroatoms. The fourth-order valence-corrected chi connectivity index (χ4v) is 5.55. The Kier molecular flexibility index (Phi) is 11.7. The number of aromatic nitrogens is 1. The zero-order chi connectivity index (χ0) is 27.9. The molecule has 0 radical (unpaired) electrons. The van der Waals surface area contributed by atoms with E-state index in [1.54, 1.807) is 36.0 Å². The fourth-order valence-electron chi connectivity index (χ4n) is 4.88. The summed E-state index contributed by atoms with van der Waals surface area (Å²) in [6.45, 7) is 10.8. The second kappa shape index (κ2) is 14.1. The number of nitrogens with zero attached hydrogens (tertiary/aromatic N) is 4. The molecule has 1 aliphatic carbocycles. The molecule has 1 amide bonds. The van der Waals surface area contributed by atoms with Gasteiger partial charge in [-0.1, -0.05) is 33.4 Å². The summed E-state index contributed by atoms with van der Waals surface area (Å²) in [6, 6.07) is 9.07. The molecule has 1 saturated carbocycles. The van der Waals surface area contributed by atoms with E-state index in [9.17, 15) is 18.0 Å². The van der Waals surface area contributed by atoms with Gasteiger partial charge in [0.2, 0.25) is 0 Å². The first-order valence-corrected chi connectivity index (χ1v) is 13.9. The molecular weight excluding hydrogens is 523 g/mol. The average molecular weight is 564 g/mol. The molecule has 2 aromatic rings. The van der Waals surface area contributed by atoms with Crippen LogP contribution < -0.4 is 5.73 Å². The number of pyridine rings is 1. The highest BCUT2D eigenvalue weighted by atomic mass is 32.2. The normalized spacial score (nSPS) is 21.3. The van der Waals surface area contributed by atoms with Crippen molar-refractivity contribution in [2.45, 2.75) is 66.5 Å². The number of benzene rings is 1. The molecule has 2 aliphatic rings. The Hall–Kier alpha value is -2.72. The molecule has 1 spiro atoms. The van der Waals surface area contributed by atoms with Gasteiger partial charge in [-0.2, -0.15) is 18.3 Å². The van der Waals surface area contributed by atoms with Crippen LogP contribution in [0.15, 0.2) is 52.8 Å². The first-order valence-electron chi connectivity index (χ1n) is 12.9. The van der Waals surface area contributed by atoms with Crippen LogP contribution in [0.3, 0.4) is 0 Å². The van der Waals surface area contributed by atoms with Crippen LogP contribution in [0.4, 0.5) is 13.2 Å². The Morgan fingerprint density at radius 1 is 1.18 bits per heavy atom. The van der Waals surface area contributed by atoms with Crippen molar-refractivity contribution in [1.29, 1.82) is 0 Å². The molecule has 1 aromatic heterocycles. The molecule has 4 rings (SSSR count). The van der Waals surface area contributed by atoms with Gasteiger partial charge in [0, 0.05) is 24.1 Å². The third-order valence-electron chi connectivity index (χ3n) is 7.00. The number of halogens is 3. The number of nitrogens with two attached hydrogens (primary N) is 1. The molecule has 214 valence electrons. The van der Waals surface area contributed by atoms with E-state index >= 15 is 0 Å². The van der Waals surface area contributed by atoms with Crippen molar-refractivity contribution < 1.29 is 18.0 Å². The number of thioether (sulfide) groups is 1. The van der Waals surface area contributed by atoms with E-state index in [0.29, 0.717) is 11.6 Å². The Bertz CT molecular complexity index is 1170. The highest BCUT2D eigenvalue weighted by molar-refractivity contribution is 8.13. The number of primary amides is 1. The van der Waals surface area contributed by atoms with Gasteiger partial charge in [0.15, 0.2) is 0 Å². The van der Waals surface area contributed by atoms with E-state index < -0.39 is 17.6 Å². The highest BCUT2D eigenvalue weighted by Crippen LogP contribution is 2.64. The number of hydrogen-bond donors (Lipinski definition) is 1. The lowest BCUT2D eigenvalue weighted by atomic mass is 9.97. The van der Waals surface area contributed by atoms with Crippen molar-refractivity contribution in [2.24, 2.45) is 21.4 Å². The molecule has 2 unspecified atom stereocenters. The van der Waals surface area contributed by atoms with Crippen molar-refractivity contribution >= 4 is 28.4 Å². The summed E-state index contributed by atoms with van der Waals surface area (Å²) in [6.07, 6.45) is 0.424. The first kappa shape index (κ1) is 32.5. The number of hydrogen-bond acceptors (Lipinski definition) is 6. The highest BCUT2D eigenvalue weighted by Gasteiger charge is 2.57. The summed E-state index contributed by atoms with van der Waals surface area (Å²) in [7, 11) is 0. The number of carbonyl (C=O) groups is 1. The predicted octanol–water partition coefficient (Wildman–Crippen LogP) is 7.01. The third-order valence-corrected chi connectivity index (χ3v) is 7.99. The molecule has 39 heavy (non-hydrogen) atoms. The van der Waals surface area contributed by atoms with Gasteiger partial charge in [0.25, 0.3) is 5.91 Å². The van der Waals surface area contributed by atoms with Gasteiger partial charge in [-0.05, 0) is 87.4 Å². The minimum absolute atomic E-state index is 0. The van der Waals surface area contributed by atoms with Crippen LogP contribution in [0, 0.1) is 5.41 Å². The molecule has 2 fully saturated rings. The standard InChI is InChI=1S/C26H30F3N5OS.C2H6.CH4/c1-17(20-8-10-31-23(14-20)24(30)35)32-33-18(2)36-13-3-11-34-12-9-25(16-34)15-22(25)19-4-6-21(7-5-19)26(27,28)29;1-2;/h4-8,10,14,22H,3,9,11-13,15-16H2,1-2H3,(H2,30,35);1-2H3;1H4/b32-17+,33-18+;;. The van der Waals surface area contributed by atoms with Crippen molar-refractivity contribution in [3.63, 3.8) is 0 Å². The van der Waals surface area contributed by atoms with Crippen LogP contribution in [0.1, 0.15) is 87.5 Å². The van der Waals surface area contributed by atoms with Gasteiger partial charge in [-0.15, -0.1) is 16.9 Å². The number of likely N-dealkylation sites (tertiary alicyclic amines) is 1. The Morgan fingerprint density at radius 3 is 2.51 bits per heavy atom. The number of amides is 1. The number of rotatable bonds is 8. The van der Waals surface area contributed by atoms with Crippen LogP contribution in [0.25, 0.3) is 0 Å². The van der Waals surface area contributed by atoms with E-state index in [1.165, 1.54) is 18.3 Å². The molecule has 1 saturated heterocycles. The smallest absolute Gasteiger partial charge is 0.364 e. The van der Waals surface area contributed by atoms with E-state index in [2.05, 4.69) is 20.1 Å². The maximum atomic E-state index is 12.8. The lowest BCUT2D eigenvalue weighted by Gasteiger charge is -2.16. The summed E-state index contributed by atoms with van der Waals surface area (Å²) in [5, 5.41) is 9.42. The summed E-state index contributed by atoms with van der Waals surface area (Å²) in [5.74, 6) is 0.714. The Labute approximate surface area is 234 Å². The van der Waals surface area contributed by atoms with E-state index in [-0.39, 0.29) is 18.5 Å². The first-order chi connectivity index (χ1) is 18.1. The van der Waals surface area contributed by atoms with E-state index in [0.717, 1.165) is 60.8 Å². The minimum atomic E-state index is -4.29. The van der Waals surface area contributed by atoms with Gasteiger partial charge in [0.1, 0.15) is 5.69 Å². The molecule has 6 nitrogen and oxygen atoms in total. The van der Waals surface area contributed by atoms with Gasteiger partial charge in [0.05, 0.1) is 16.3 Å². The van der Waals surface area contributed by atoms with E-state index in [4.69, 9.17) is 5.73 Å². The van der Waals surface area contributed by atoms with Gasteiger partial charge >= 0.3 is 6.18 Å². The Balaban J connectivity index is 0.00000174. The summed E-state index contributed by atoms with van der Waals surface area (Å²) in [4.78, 5) is 17.7. The Morgan fingerprint density at radius 2 is 1.87 bits per heavy atom. The largest absolute Gasteiger partial charge is 0.416 e. The monoisotopic (exact) mass is 563 g/mol. The van der Waals surface area contributed by atoms with Gasteiger partial charge < -0.3 is 10.6 Å². The topological polar surface area (TPSA) is 83.9 Å². The zero-order valence-electron chi connectivity index (χ0n) is 22.4. The molecular formula is C29H40F3N5OS. The average Bonchev–Trinajstić information content (AvgIpc) is 3.46. The van der Waals surface area contributed by atoms with Crippen molar-refractivity contribution in [3.8, 4) is 0 Å². The van der Waals surface area contributed by atoms with Crippen molar-refractivity contribution in [1.82, 2.24) is 9.88 Å². The fraction of sp³-hybridized carbons (Fsp3) is 0.517. The molecule has 2 atom stereocenters. The molecule has 2 heterocycles. The lowest BCUT2D eigenvalue weighted by molar-refractivity contribution is -0.137. The van der Waals surface area contributed by atoms with Crippen LogP contribution in [0.2, 0.25) is 0 Å². The zero-order valence-corrected chi connectivity index (χ0v) is 23.2. The van der Waals surface area contributed by atoms with Crippen LogP contribution >= 0.6 is 11.8 Å². The molecule has 0 bridgehead atoms. The maximum Gasteiger partial charge on any atom is 0.416 e. The van der Waals surface area contributed by atoms with Gasteiger partial charge in [-0.3, -0.25) is 9.78 Å². The maximum absolute atomic E-state index is 12.8. The quantitative estimate of drug-likeness (QED) is 0.162. The SMILES string of the molecule is C.C/C(=N\N=C(/C)c1ccnc(C(N)=O)c1)SCCCN1CCC2(CC2c2ccc(C(F)(F)F)cc2)C1.CC. The third kappa shape index (κ3) is 8.63. The van der Waals surface area contributed by atoms with Crippen LogP contribution in [-0.4, -0.2) is 51.9 Å². The van der Waals surface area contributed by atoms with Crippen molar-refractivity contribution in [3.05, 3.63) is 65.0 Å². The summed E-state index contributed by atoms with van der Waals surface area (Å²) >= 11 is 1.66. The number of carbonyl (C=O) groups excluding carboxylic acids is 1. The van der Waals surface area contributed by atoms with Crippen LogP contribution in [-0.2, 0) is 6.18 Å². The summed E-state index contributed by atoms with van der Waals surface area (Å²) < 4.78 is 38.5. The predicted molar refractivity (Wildman–Crippen MR) is 156 cm³/mol. The summed E-state index contributed by atoms with van der Waals surface area (Å²) in [5.41, 5.74) is 7.57. The second-order valence-electron chi connectivity index (χ2n) is 9.57. The van der Waals surface area contributed by atoms with Crippen LogP contribution in [0.5, 0.6) is 0 Å². The lowest BCUT2D eigenvalue weighted by Crippen LogP contribution is -2.23. The van der Waals surface area contributed by atoms with Crippen molar-refractivity contribution in [2.75, 3.05) is 25.4 Å².